The van der Waals surface area contributed by atoms with Crippen LogP contribution in [0.2, 0.25) is 0 Å². The zero-order valence-corrected chi connectivity index (χ0v) is 20.1. The third kappa shape index (κ3) is 4.25. The first-order valence-electron chi connectivity index (χ1n) is 12.6. The third-order valence-electron chi connectivity index (χ3n) is 7.53. The van der Waals surface area contributed by atoms with E-state index in [9.17, 15) is 4.79 Å². The first-order chi connectivity index (χ1) is 17.2. The number of carbonyl (C=O) groups excluding carboxylic acids is 1. The average molecular weight is 474 g/mol. The second-order valence-corrected chi connectivity index (χ2v) is 9.62. The van der Waals surface area contributed by atoms with Crippen molar-refractivity contribution < 1.29 is 9.53 Å². The molecule has 4 aromatic rings. The van der Waals surface area contributed by atoms with E-state index in [1.165, 1.54) is 32.1 Å². The lowest BCUT2D eigenvalue weighted by molar-refractivity contribution is 0.102. The normalized spacial score (nSPS) is 21.0. The smallest absolute Gasteiger partial charge is 0.261 e. The van der Waals surface area contributed by atoms with E-state index in [1.807, 2.05) is 0 Å². The highest BCUT2D eigenvalue weighted by atomic mass is 16.5. The Balaban J connectivity index is 1.34. The summed E-state index contributed by atoms with van der Waals surface area (Å²) in [7, 11) is 0. The van der Waals surface area contributed by atoms with Gasteiger partial charge in [-0.05, 0) is 49.8 Å². The second-order valence-electron chi connectivity index (χ2n) is 9.62. The molecule has 1 aliphatic heterocycles. The molecule has 3 aromatic heterocycles. The Labute approximate surface area is 204 Å². The molecule has 0 radical (unpaired) electrons. The average Bonchev–Trinajstić information content (AvgIpc) is 3.53. The van der Waals surface area contributed by atoms with E-state index in [0.29, 0.717) is 30.5 Å². The van der Waals surface area contributed by atoms with E-state index in [4.69, 9.17) is 9.84 Å². The molecule has 1 saturated heterocycles. The fourth-order valence-electron chi connectivity index (χ4n) is 5.43. The van der Waals surface area contributed by atoms with Crippen LogP contribution in [0, 0.1) is 5.92 Å². The van der Waals surface area contributed by atoms with E-state index in [2.05, 4.69) is 50.2 Å². The van der Waals surface area contributed by atoms with Gasteiger partial charge in [0.15, 0.2) is 5.65 Å². The zero-order chi connectivity index (χ0) is 23.8. The van der Waals surface area contributed by atoms with E-state index in [-0.39, 0.29) is 5.91 Å². The van der Waals surface area contributed by atoms with Crippen LogP contribution in [0.25, 0.3) is 16.6 Å². The van der Waals surface area contributed by atoms with E-state index >= 15 is 0 Å². The van der Waals surface area contributed by atoms with Gasteiger partial charge in [-0.15, -0.1) is 0 Å². The molecule has 1 aromatic carbocycles. The minimum Gasteiger partial charge on any atom is -0.378 e. The van der Waals surface area contributed by atoms with Gasteiger partial charge in [0.05, 0.1) is 42.3 Å². The Kier molecular flexibility index (Phi) is 5.85. The van der Waals surface area contributed by atoms with Crippen molar-refractivity contribution in [3.05, 3.63) is 48.5 Å². The number of ether oxygens (including phenoxy) is 1. The van der Waals surface area contributed by atoms with Crippen molar-refractivity contribution in [2.24, 2.45) is 5.92 Å². The molecule has 182 valence electrons. The lowest BCUT2D eigenvalue weighted by atomic mass is 9.85. The number of anilines is 2. The quantitative estimate of drug-likeness (QED) is 0.465. The van der Waals surface area contributed by atoms with Gasteiger partial charge in [0.1, 0.15) is 5.56 Å². The van der Waals surface area contributed by atoms with Crippen LogP contribution in [0.15, 0.2) is 43.0 Å². The third-order valence-corrected chi connectivity index (χ3v) is 7.53. The number of nitrogens with zero attached hydrogens (tertiary/aromatic N) is 6. The van der Waals surface area contributed by atoms with Crippen molar-refractivity contribution in [1.29, 1.82) is 0 Å². The number of nitrogens with one attached hydrogen (secondary N) is 1. The maximum atomic E-state index is 13.3. The summed E-state index contributed by atoms with van der Waals surface area (Å²) in [5, 5.41) is 13.4. The Morgan fingerprint density at radius 3 is 2.80 bits per heavy atom. The molecule has 0 bridgehead atoms. The molecule has 2 fully saturated rings. The van der Waals surface area contributed by atoms with E-state index in [1.54, 1.807) is 29.2 Å². The fourth-order valence-corrected chi connectivity index (χ4v) is 5.43. The number of amides is 1. The summed E-state index contributed by atoms with van der Waals surface area (Å²) in [5.74, 6) is 0.623. The van der Waals surface area contributed by atoms with E-state index in [0.717, 1.165) is 41.3 Å². The topological polar surface area (TPSA) is 89.6 Å². The van der Waals surface area contributed by atoms with E-state index < -0.39 is 0 Å². The van der Waals surface area contributed by atoms with Crippen molar-refractivity contribution in [3.63, 3.8) is 0 Å². The molecule has 0 unspecified atom stereocenters. The van der Waals surface area contributed by atoms with Gasteiger partial charge in [-0.3, -0.25) is 9.48 Å². The Morgan fingerprint density at radius 2 is 2.00 bits per heavy atom. The second kappa shape index (κ2) is 9.30. The molecular weight excluding hydrogens is 442 g/mol. The standard InChI is InChI=1S/C26H31N7O2/c1-2-18-4-6-20(7-5-18)33-17-19-14-23(24(15-22(19)30-33)31-10-12-35-13-11-31)29-26(34)21-16-28-32-9-3-8-27-25(21)32/h3,8-9,14-18,20H,2,4-7,10-13H2,1H3,(H,29,34)/t18-,20-. The highest BCUT2D eigenvalue weighted by Crippen LogP contribution is 2.36. The summed E-state index contributed by atoms with van der Waals surface area (Å²) in [6.07, 6.45) is 13.3. The van der Waals surface area contributed by atoms with Crippen molar-refractivity contribution in [1.82, 2.24) is 24.4 Å². The molecule has 35 heavy (non-hydrogen) atoms. The number of aromatic nitrogens is 5. The van der Waals surface area contributed by atoms with Crippen molar-refractivity contribution in [2.75, 3.05) is 36.5 Å². The number of carbonyl (C=O) groups is 1. The van der Waals surface area contributed by atoms with Crippen LogP contribution in [-0.2, 0) is 4.74 Å². The minimum absolute atomic E-state index is 0.224. The predicted molar refractivity (Wildman–Crippen MR) is 135 cm³/mol. The summed E-state index contributed by atoms with van der Waals surface area (Å²) in [6.45, 7) is 5.17. The van der Waals surface area contributed by atoms with Crippen LogP contribution in [0.4, 0.5) is 11.4 Å². The summed E-state index contributed by atoms with van der Waals surface area (Å²) < 4.78 is 9.33. The number of hydrogen-bond acceptors (Lipinski definition) is 6. The number of rotatable bonds is 5. The highest BCUT2D eigenvalue weighted by molar-refractivity contribution is 6.10. The van der Waals surface area contributed by atoms with Crippen molar-refractivity contribution in [3.8, 4) is 0 Å². The van der Waals surface area contributed by atoms with Crippen LogP contribution in [-0.4, -0.2) is 56.6 Å². The molecule has 2 aliphatic rings. The van der Waals surface area contributed by atoms with Crippen molar-refractivity contribution in [2.45, 2.75) is 45.1 Å². The van der Waals surface area contributed by atoms with Crippen molar-refractivity contribution >= 4 is 33.8 Å². The van der Waals surface area contributed by atoms with Gasteiger partial charge in [0.25, 0.3) is 5.91 Å². The summed E-state index contributed by atoms with van der Waals surface area (Å²) in [4.78, 5) is 19.9. The summed E-state index contributed by atoms with van der Waals surface area (Å²) in [5.41, 5.74) is 3.68. The van der Waals surface area contributed by atoms with Gasteiger partial charge < -0.3 is 15.0 Å². The molecule has 1 saturated carbocycles. The van der Waals surface area contributed by atoms with Crippen LogP contribution in [0.3, 0.4) is 0 Å². The molecule has 1 N–H and O–H groups in total. The molecular formula is C26H31N7O2. The molecule has 4 heterocycles. The Hall–Kier alpha value is -3.46. The molecule has 9 nitrogen and oxygen atoms in total. The number of morpholine rings is 1. The first-order valence-corrected chi connectivity index (χ1v) is 12.6. The van der Waals surface area contributed by atoms with Gasteiger partial charge in [-0.25, -0.2) is 9.50 Å². The predicted octanol–water partition coefficient (Wildman–Crippen LogP) is 4.31. The minimum atomic E-state index is -0.224. The lowest BCUT2D eigenvalue weighted by Crippen LogP contribution is -2.36. The molecule has 6 rings (SSSR count). The fraction of sp³-hybridized carbons (Fsp3) is 0.462. The molecule has 1 aliphatic carbocycles. The molecule has 9 heteroatoms. The molecule has 0 atom stereocenters. The Morgan fingerprint density at radius 1 is 1.17 bits per heavy atom. The summed E-state index contributed by atoms with van der Waals surface area (Å²) in [6, 6.07) is 6.40. The SMILES string of the molecule is CC[C@H]1CC[C@H](n2cc3cc(NC(=O)c4cnn5cccnc45)c(N4CCOCC4)cc3n2)CC1. The molecule has 0 spiro atoms. The van der Waals surface area contributed by atoms with Gasteiger partial charge in [0.2, 0.25) is 0 Å². The van der Waals surface area contributed by atoms with Gasteiger partial charge in [-0.2, -0.15) is 10.2 Å². The maximum Gasteiger partial charge on any atom is 0.261 e. The van der Waals surface area contributed by atoms with Crippen LogP contribution in [0.5, 0.6) is 0 Å². The lowest BCUT2D eigenvalue weighted by Gasteiger charge is -2.30. The number of hydrogen-bond donors (Lipinski definition) is 1. The highest BCUT2D eigenvalue weighted by Gasteiger charge is 2.24. The van der Waals surface area contributed by atoms with Crippen LogP contribution in [0.1, 0.15) is 55.4 Å². The number of fused-ring (bicyclic) bond motifs is 2. The zero-order valence-electron chi connectivity index (χ0n) is 20.1. The van der Waals surface area contributed by atoms with Crippen LogP contribution < -0.4 is 10.2 Å². The Bertz CT molecular complexity index is 1350. The first kappa shape index (κ1) is 22.0. The van der Waals surface area contributed by atoms with Crippen LogP contribution >= 0.6 is 0 Å². The largest absolute Gasteiger partial charge is 0.378 e. The monoisotopic (exact) mass is 473 g/mol. The molecule has 1 amide bonds. The van der Waals surface area contributed by atoms with Gasteiger partial charge in [0, 0.05) is 37.1 Å². The van der Waals surface area contributed by atoms with Gasteiger partial charge in [-0.1, -0.05) is 13.3 Å². The summed E-state index contributed by atoms with van der Waals surface area (Å²) >= 11 is 0. The number of benzene rings is 1. The van der Waals surface area contributed by atoms with Gasteiger partial charge >= 0.3 is 0 Å². The maximum absolute atomic E-state index is 13.3.